The van der Waals surface area contributed by atoms with E-state index in [1.54, 1.807) is 0 Å². The van der Waals surface area contributed by atoms with Gasteiger partial charge in [0.05, 0.1) is 0 Å². The van der Waals surface area contributed by atoms with Gasteiger partial charge in [-0.25, -0.2) is 0 Å². The third kappa shape index (κ3) is 5.44. The van der Waals surface area contributed by atoms with E-state index in [1.165, 1.54) is 11.3 Å². The minimum Gasteiger partial charge on any atom is -0.343 e. The van der Waals surface area contributed by atoms with Crippen molar-refractivity contribution in [2.24, 2.45) is 11.7 Å². The molecule has 1 unspecified atom stereocenters. The molecule has 0 aliphatic carbocycles. The molecule has 1 fully saturated rings. The smallest absolute Gasteiger partial charge is 0.222 e. The van der Waals surface area contributed by atoms with Gasteiger partial charge in [-0.3, -0.25) is 4.79 Å². The first-order chi connectivity index (χ1) is 10.2. The second kappa shape index (κ2) is 8.54. The highest BCUT2D eigenvalue weighted by Gasteiger charge is 2.24. The van der Waals surface area contributed by atoms with E-state index >= 15 is 0 Å². The van der Waals surface area contributed by atoms with Crippen LogP contribution in [-0.2, 0) is 11.2 Å². The van der Waals surface area contributed by atoms with Crippen LogP contribution in [0.1, 0.15) is 50.3 Å². The number of unbranched alkanes of at least 4 members (excludes halogenated alkanes) is 2. The van der Waals surface area contributed by atoms with Crippen molar-refractivity contribution in [3.05, 3.63) is 22.4 Å². The minimum atomic E-state index is 0.263. The van der Waals surface area contributed by atoms with Gasteiger partial charge in [0.1, 0.15) is 0 Å². The maximum Gasteiger partial charge on any atom is 0.222 e. The SMILES string of the molecule is CC(N)C1CCN(C(=O)CCCCCc2cccs2)CC1. The van der Waals surface area contributed by atoms with Gasteiger partial charge in [0, 0.05) is 30.4 Å². The summed E-state index contributed by atoms with van der Waals surface area (Å²) in [6, 6.07) is 4.56. The number of piperidine rings is 1. The number of carbonyl (C=O) groups excluding carboxylic acids is 1. The number of hydrogen-bond acceptors (Lipinski definition) is 3. The number of nitrogens with two attached hydrogens (primary N) is 1. The topological polar surface area (TPSA) is 46.3 Å². The molecule has 1 atom stereocenters. The van der Waals surface area contributed by atoms with Crippen molar-refractivity contribution in [3.63, 3.8) is 0 Å². The molecule has 1 saturated heterocycles. The van der Waals surface area contributed by atoms with E-state index in [0.29, 0.717) is 18.2 Å². The Morgan fingerprint density at radius 3 is 2.76 bits per heavy atom. The molecule has 2 heterocycles. The van der Waals surface area contributed by atoms with Crippen molar-refractivity contribution in [1.82, 2.24) is 4.90 Å². The Morgan fingerprint density at radius 1 is 1.38 bits per heavy atom. The van der Waals surface area contributed by atoms with E-state index in [4.69, 9.17) is 5.73 Å². The van der Waals surface area contributed by atoms with Gasteiger partial charge in [0.25, 0.3) is 0 Å². The molecule has 2 N–H and O–H groups in total. The lowest BCUT2D eigenvalue weighted by Gasteiger charge is -2.33. The highest BCUT2D eigenvalue weighted by Crippen LogP contribution is 2.20. The van der Waals surface area contributed by atoms with Crippen LogP contribution in [0.4, 0.5) is 0 Å². The molecule has 118 valence electrons. The molecular weight excluding hydrogens is 280 g/mol. The average Bonchev–Trinajstić information content (AvgIpc) is 3.00. The van der Waals surface area contributed by atoms with Crippen LogP contribution in [0, 0.1) is 5.92 Å². The van der Waals surface area contributed by atoms with Crippen LogP contribution in [0.3, 0.4) is 0 Å². The molecule has 0 spiro atoms. The molecular formula is C17H28N2OS. The summed E-state index contributed by atoms with van der Waals surface area (Å²) >= 11 is 1.83. The Kier molecular flexibility index (Phi) is 6.71. The number of thiophene rings is 1. The van der Waals surface area contributed by atoms with Crippen LogP contribution in [0.2, 0.25) is 0 Å². The Balaban J connectivity index is 1.55. The second-order valence-corrected chi connectivity index (χ2v) is 7.25. The molecule has 1 aliphatic heterocycles. The van der Waals surface area contributed by atoms with E-state index in [9.17, 15) is 4.79 Å². The molecule has 21 heavy (non-hydrogen) atoms. The molecule has 3 nitrogen and oxygen atoms in total. The van der Waals surface area contributed by atoms with Crippen LogP contribution in [0.5, 0.6) is 0 Å². The maximum atomic E-state index is 12.2. The lowest BCUT2D eigenvalue weighted by atomic mass is 9.91. The second-order valence-electron chi connectivity index (χ2n) is 6.22. The summed E-state index contributed by atoms with van der Waals surface area (Å²) < 4.78 is 0. The standard InChI is InChI=1S/C17H28N2OS/c1-14(18)15-9-11-19(12-10-15)17(20)8-4-2-3-6-16-7-5-13-21-16/h5,7,13-15H,2-4,6,8-12,18H2,1H3. The van der Waals surface area contributed by atoms with Crippen molar-refractivity contribution in [1.29, 1.82) is 0 Å². The number of hydrogen-bond donors (Lipinski definition) is 1. The van der Waals surface area contributed by atoms with E-state index in [1.807, 2.05) is 16.2 Å². The number of rotatable bonds is 7. The fraction of sp³-hybridized carbons (Fsp3) is 0.706. The zero-order valence-corrected chi connectivity index (χ0v) is 13.9. The van der Waals surface area contributed by atoms with Gasteiger partial charge < -0.3 is 10.6 Å². The van der Waals surface area contributed by atoms with Crippen molar-refractivity contribution >= 4 is 17.2 Å². The highest BCUT2D eigenvalue weighted by atomic mass is 32.1. The minimum absolute atomic E-state index is 0.263. The first-order valence-corrected chi connectivity index (χ1v) is 9.10. The summed E-state index contributed by atoms with van der Waals surface area (Å²) in [6.45, 7) is 3.89. The Bertz CT molecular complexity index is 408. The maximum absolute atomic E-state index is 12.2. The average molecular weight is 308 g/mol. The van der Waals surface area contributed by atoms with Crippen LogP contribution in [0.25, 0.3) is 0 Å². The summed E-state index contributed by atoms with van der Waals surface area (Å²) in [5.74, 6) is 0.939. The Morgan fingerprint density at radius 2 is 2.14 bits per heavy atom. The molecule has 4 heteroatoms. The van der Waals surface area contributed by atoms with Crippen molar-refractivity contribution in [3.8, 4) is 0 Å². The third-order valence-corrected chi connectivity index (χ3v) is 5.47. The van der Waals surface area contributed by atoms with Gasteiger partial charge in [0.15, 0.2) is 0 Å². The van der Waals surface area contributed by atoms with Crippen LogP contribution >= 0.6 is 11.3 Å². The molecule has 1 aromatic heterocycles. The predicted octanol–water partition coefficient (Wildman–Crippen LogP) is 3.44. The number of nitrogens with zero attached hydrogens (tertiary/aromatic N) is 1. The van der Waals surface area contributed by atoms with Gasteiger partial charge in [-0.05, 0) is 56.4 Å². The van der Waals surface area contributed by atoms with Crippen molar-refractivity contribution in [2.75, 3.05) is 13.1 Å². The van der Waals surface area contributed by atoms with Crippen LogP contribution in [0.15, 0.2) is 17.5 Å². The molecule has 0 radical (unpaired) electrons. The quantitative estimate of drug-likeness (QED) is 0.784. The van der Waals surface area contributed by atoms with Gasteiger partial charge >= 0.3 is 0 Å². The number of aryl methyl sites for hydroxylation is 1. The fourth-order valence-electron chi connectivity index (χ4n) is 3.04. The molecule has 1 aliphatic rings. The van der Waals surface area contributed by atoms with E-state index in [2.05, 4.69) is 24.4 Å². The molecule has 1 aromatic rings. The monoisotopic (exact) mass is 308 g/mol. The largest absolute Gasteiger partial charge is 0.343 e. The highest BCUT2D eigenvalue weighted by molar-refractivity contribution is 7.09. The molecule has 0 bridgehead atoms. The summed E-state index contributed by atoms with van der Waals surface area (Å²) in [6.07, 6.45) is 7.39. The van der Waals surface area contributed by atoms with Gasteiger partial charge in [-0.1, -0.05) is 12.5 Å². The molecule has 0 aromatic carbocycles. The number of carbonyl (C=O) groups is 1. The number of likely N-dealkylation sites (tertiary alicyclic amines) is 1. The van der Waals surface area contributed by atoms with Gasteiger partial charge in [-0.15, -0.1) is 11.3 Å². The first-order valence-electron chi connectivity index (χ1n) is 8.22. The zero-order valence-electron chi connectivity index (χ0n) is 13.1. The van der Waals surface area contributed by atoms with Gasteiger partial charge in [0.2, 0.25) is 5.91 Å². The van der Waals surface area contributed by atoms with E-state index < -0.39 is 0 Å². The number of amides is 1. The molecule has 2 rings (SSSR count). The fourth-order valence-corrected chi connectivity index (χ4v) is 3.79. The Hall–Kier alpha value is -0.870. The van der Waals surface area contributed by atoms with Crippen LogP contribution in [-0.4, -0.2) is 29.9 Å². The summed E-state index contributed by atoms with van der Waals surface area (Å²) in [4.78, 5) is 15.7. The van der Waals surface area contributed by atoms with Crippen molar-refractivity contribution < 1.29 is 4.79 Å². The predicted molar refractivity (Wildman–Crippen MR) is 89.4 cm³/mol. The van der Waals surface area contributed by atoms with Gasteiger partial charge in [-0.2, -0.15) is 0 Å². The molecule has 0 saturated carbocycles. The normalized spacial score (nSPS) is 17.9. The summed E-state index contributed by atoms with van der Waals surface area (Å²) in [5, 5.41) is 2.13. The van der Waals surface area contributed by atoms with E-state index in [-0.39, 0.29) is 6.04 Å². The Labute approximate surface area is 132 Å². The van der Waals surface area contributed by atoms with Crippen molar-refractivity contribution in [2.45, 2.75) is 57.9 Å². The first kappa shape index (κ1) is 16.5. The summed E-state index contributed by atoms with van der Waals surface area (Å²) in [7, 11) is 0. The zero-order chi connectivity index (χ0) is 15.1. The third-order valence-electron chi connectivity index (χ3n) is 4.53. The lowest BCUT2D eigenvalue weighted by molar-refractivity contribution is -0.132. The molecule has 1 amide bonds. The lowest BCUT2D eigenvalue weighted by Crippen LogP contribution is -2.42. The van der Waals surface area contributed by atoms with E-state index in [0.717, 1.165) is 45.2 Å². The summed E-state index contributed by atoms with van der Waals surface area (Å²) in [5.41, 5.74) is 5.94. The van der Waals surface area contributed by atoms with Crippen LogP contribution < -0.4 is 5.73 Å².